The van der Waals surface area contributed by atoms with Gasteiger partial charge in [0.15, 0.2) is 11.6 Å². The first kappa shape index (κ1) is 17.7. The van der Waals surface area contributed by atoms with E-state index in [1.165, 1.54) is 17.1 Å². The smallest absolute Gasteiger partial charge is 0.266 e. The average Bonchev–Trinajstić information content (AvgIpc) is 3.08. The highest BCUT2D eigenvalue weighted by molar-refractivity contribution is 7.92. The molecular formula is C18H22N6O2S. The van der Waals surface area contributed by atoms with Crippen LogP contribution in [0.4, 0.5) is 11.6 Å². The van der Waals surface area contributed by atoms with E-state index in [9.17, 15) is 8.42 Å². The Morgan fingerprint density at radius 2 is 1.93 bits per heavy atom. The summed E-state index contributed by atoms with van der Waals surface area (Å²) in [7, 11) is -2.12. The number of anilines is 2. The molecule has 0 amide bonds. The number of benzene rings is 1. The molecule has 1 saturated heterocycles. The van der Waals surface area contributed by atoms with Crippen molar-refractivity contribution in [3.63, 3.8) is 0 Å². The fourth-order valence-corrected chi connectivity index (χ4v) is 4.37. The molecule has 0 saturated carbocycles. The van der Waals surface area contributed by atoms with Crippen LogP contribution in [0, 0.1) is 5.92 Å². The Labute approximate surface area is 158 Å². The highest BCUT2D eigenvalue weighted by Crippen LogP contribution is 2.30. The number of aryl methyl sites for hydroxylation is 1. The maximum atomic E-state index is 12.8. The standard InChI is InChI=1S/C18H22N6O2S/c1-13-6-5-9-24(11-13)18-17(20-15-7-3-4-8-16(15)21-18)22-27(25,26)14-10-19-23(2)12-14/h3-4,7-8,10,12-13H,5-6,9,11H2,1-2H3,(H,20,22). The predicted octanol–water partition coefficient (Wildman–Crippen LogP) is 2.40. The number of rotatable bonds is 4. The van der Waals surface area contributed by atoms with Gasteiger partial charge >= 0.3 is 0 Å². The van der Waals surface area contributed by atoms with E-state index in [4.69, 9.17) is 4.98 Å². The highest BCUT2D eigenvalue weighted by atomic mass is 32.2. The first-order chi connectivity index (χ1) is 12.9. The number of fused-ring (bicyclic) bond motifs is 1. The average molecular weight is 386 g/mol. The van der Waals surface area contributed by atoms with Crippen LogP contribution in [0.25, 0.3) is 11.0 Å². The van der Waals surface area contributed by atoms with E-state index in [1.54, 1.807) is 7.05 Å². The topological polar surface area (TPSA) is 93.0 Å². The van der Waals surface area contributed by atoms with Crippen LogP contribution in [0.1, 0.15) is 19.8 Å². The molecular weight excluding hydrogens is 364 g/mol. The summed E-state index contributed by atoms with van der Waals surface area (Å²) in [6.07, 6.45) is 4.98. The minimum atomic E-state index is -3.80. The Kier molecular flexibility index (Phi) is 4.47. The molecule has 8 nitrogen and oxygen atoms in total. The summed E-state index contributed by atoms with van der Waals surface area (Å²) >= 11 is 0. The van der Waals surface area contributed by atoms with Gasteiger partial charge in [0.25, 0.3) is 10.0 Å². The summed E-state index contributed by atoms with van der Waals surface area (Å²) in [4.78, 5) is 11.5. The third-order valence-corrected chi connectivity index (χ3v) is 6.02. The van der Waals surface area contributed by atoms with Gasteiger partial charge in [0.2, 0.25) is 0 Å². The van der Waals surface area contributed by atoms with Crippen LogP contribution in [0.3, 0.4) is 0 Å². The lowest BCUT2D eigenvalue weighted by Gasteiger charge is -2.32. The molecule has 3 aromatic rings. The molecule has 1 fully saturated rings. The lowest BCUT2D eigenvalue weighted by molar-refractivity contribution is 0.445. The van der Waals surface area contributed by atoms with Gasteiger partial charge in [-0.2, -0.15) is 5.10 Å². The number of para-hydroxylation sites is 2. The maximum absolute atomic E-state index is 12.8. The van der Waals surface area contributed by atoms with Crippen LogP contribution in [0.2, 0.25) is 0 Å². The third-order valence-electron chi connectivity index (χ3n) is 4.73. The summed E-state index contributed by atoms with van der Waals surface area (Å²) < 4.78 is 29.7. The second-order valence-corrected chi connectivity index (χ2v) is 8.72. The fraction of sp³-hybridized carbons (Fsp3) is 0.389. The van der Waals surface area contributed by atoms with Crippen LogP contribution in [0.5, 0.6) is 0 Å². The number of piperidine rings is 1. The van der Waals surface area contributed by atoms with Gasteiger partial charge in [-0.15, -0.1) is 0 Å². The Morgan fingerprint density at radius 3 is 2.59 bits per heavy atom. The van der Waals surface area contributed by atoms with Crippen LogP contribution < -0.4 is 9.62 Å². The van der Waals surface area contributed by atoms with Crippen molar-refractivity contribution in [1.29, 1.82) is 0 Å². The van der Waals surface area contributed by atoms with Gasteiger partial charge in [-0.1, -0.05) is 19.1 Å². The normalized spacial score (nSPS) is 18.0. The molecule has 2 aromatic heterocycles. The first-order valence-electron chi connectivity index (χ1n) is 8.95. The zero-order valence-electron chi connectivity index (χ0n) is 15.3. The van der Waals surface area contributed by atoms with E-state index in [0.717, 1.165) is 31.4 Å². The summed E-state index contributed by atoms with van der Waals surface area (Å²) in [5.74, 6) is 1.36. The van der Waals surface area contributed by atoms with Crippen molar-refractivity contribution in [1.82, 2.24) is 19.7 Å². The van der Waals surface area contributed by atoms with E-state index in [2.05, 4.69) is 26.6 Å². The first-order valence-corrected chi connectivity index (χ1v) is 10.4. The molecule has 0 radical (unpaired) electrons. The van der Waals surface area contributed by atoms with Gasteiger partial charge in [0.1, 0.15) is 4.90 Å². The molecule has 1 unspecified atom stereocenters. The summed E-state index contributed by atoms with van der Waals surface area (Å²) in [5.41, 5.74) is 1.39. The molecule has 4 rings (SSSR count). The summed E-state index contributed by atoms with van der Waals surface area (Å²) in [6.45, 7) is 3.85. The van der Waals surface area contributed by atoms with Crippen molar-refractivity contribution in [3.05, 3.63) is 36.7 Å². The molecule has 1 N–H and O–H groups in total. The van der Waals surface area contributed by atoms with Crippen LogP contribution in [-0.4, -0.2) is 41.3 Å². The van der Waals surface area contributed by atoms with Gasteiger partial charge < -0.3 is 4.90 Å². The molecule has 1 aromatic carbocycles. The summed E-state index contributed by atoms with van der Waals surface area (Å²) in [6, 6.07) is 7.48. The van der Waals surface area contributed by atoms with E-state index in [-0.39, 0.29) is 10.7 Å². The lowest BCUT2D eigenvalue weighted by Crippen LogP contribution is -2.35. The van der Waals surface area contributed by atoms with Gasteiger partial charge in [0, 0.05) is 26.3 Å². The van der Waals surface area contributed by atoms with Gasteiger partial charge in [-0.25, -0.2) is 18.4 Å². The fourth-order valence-electron chi connectivity index (χ4n) is 3.39. The van der Waals surface area contributed by atoms with E-state index in [0.29, 0.717) is 17.3 Å². The lowest BCUT2D eigenvalue weighted by atomic mass is 10.0. The van der Waals surface area contributed by atoms with Crippen LogP contribution in [0.15, 0.2) is 41.6 Å². The Balaban J connectivity index is 1.79. The molecule has 0 aliphatic carbocycles. The largest absolute Gasteiger partial charge is 0.353 e. The number of nitrogens with zero attached hydrogens (tertiary/aromatic N) is 5. The Morgan fingerprint density at radius 1 is 1.19 bits per heavy atom. The minimum Gasteiger partial charge on any atom is -0.353 e. The third kappa shape index (κ3) is 3.59. The van der Waals surface area contributed by atoms with Gasteiger partial charge in [-0.3, -0.25) is 9.40 Å². The van der Waals surface area contributed by atoms with Gasteiger partial charge in [-0.05, 0) is 30.9 Å². The van der Waals surface area contributed by atoms with Crippen molar-refractivity contribution in [2.45, 2.75) is 24.7 Å². The van der Waals surface area contributed by atoms with Crippen molar-refractivity contribution >= 4 is 32.7 Å². The number of aromatic nitrogens is 4. The second kappa shape index (κ2) is 6.80. The number of hydrogen-bond donors (Lipinski definition) is 1. The quantitative estimate of drug-likeness (QED) is 0.740. The van der Waals surface area contributed by atoms with E-state index >= 15 is 0 Å². The molecule has 0 spiro atoms. The molecule has 1 aliphatic heterocycles. The number of sulfonamides is 1. The molecule has 27 heavy (non-hydrogen) atoms. The monoisotopic (exact) mass is 386 g/mol. The summed E-state index contributed by atoms with van der Waals surface area (Å²) in [5, 5.41) is 3.95. The van der Waals surface area contributed by atoms with Gasteiger partial charge in [0.05, 0.1) is 17.2 Å². The minimum absolute atomic E-state index is 0.0953. The molecule has 1 aliphatic rings. The molecule has 9 heteroatoms. The zero-order valence-corrected chi connectivity index (χ0v) is 16.1. The molecule has 0 bridgehead atoms. The van der Waals surface area contributed by atoms with Crippen molar-refractivity contribution in [2.24, 2.45) is 13.0 Å². The second-order valence-electron chi connectivity index (χ2n) is 7.03. The maximum Gasteiger partial charge on any atom is 0.266 e. The van der Waals surface area contributed by atoms with Crippen molar-refractivity contribution in [3.8, 4) is 0 Å². The SMILES string of the molecule is CC1CCCN(c2nc3ccccc3nc2NS(=O)(=O)c2cnn(C)c2)C1. The highest BCUT2D eigenvalue weighted by Gasteiger charge is 2.25. The number of nitrogens with one attached hydrogen (secondary N) is 1. The van der Waals surface area contributed by atoms with Crippen molar-refractivity contribution in [2.75, 3.05) is 22.7 Å². The zero-order chi connectivity index (χ0) is 19.0. The molecule has 3 heterocycles. The predicted molar refractivity (Wildman–Crippen MR) is 104 cm³/mol. The van der Waals surface area contributed by atoms with E-state index in [1.807, 2.05) is 24.3 Å². The Hall–Kier alpha value is -2.68. The number of hydrogen-bond acceptors (Lipinski definition) is 6. The molecule has 1 atom stereocenters. The van der Waals surface area contributed by atoms with Crippen LogP contribution >= 0.6 is 0 Å². The Bertz CT molecular complexity index is 1080. The van der Waals surface area contributed by atoms with Crippen molar-refractivity contribution < 1.29 is 8.42 Å². The van der Waals surface area contributed by atoms with Crippen LogP contribution in [-0.2, 0) is 17.1 Å². The van der Waals surface area contributed by atoms with E-state index < -0.39 is 10.0 Å². The molecule has 142 valence electrons.